The van der Waals surface area contributed by atoms with E-state index in [2.05, 4.69) is 17.6 Å². The van der Waals surface area contributed by atoms with Gasteiger partial charge in [0.25, 0.3) is 0 Å². The number of fused-ring (bicyclic) bond motifs is 1. The van der Waals surface area contributed by atoms with E-state index in [1.807, 2.05) is 12.1 Å². The predicted octanol–water partition coefficient (Wildman–Crippen LogP) is 1.25. The SMILES string of the molecule is CCCNC(=S)Nc1ccc2c(c1Cl)B(O)OC2. The summed E-state index contributed by atoms with van der Waals surface area (Å²) in [5, 5.41) is 16.7. The fraction of sp³-hybridized carbons (Fsp3) is 0.364. The molecule has 0 bridgehead atoms. The number of thiocarbonyl (C=S) groups is 1. The average molecular weight is 285 g/mol. The van der Waals surface area contributed by atoms with Gasteiger partial charge in [-0.25, -0.2) is 0 Å². The maximum atomic E-state index is 9.68. The molecular weight excluding hydrogens is 270 g/mol. The molecule has 1 aromatic rings. The van der Waals surface area contributed by atoms with E-state index in [1.54, 1.807) is 0 Å². The highest BCUT2D eigenvalue weighted by Gasteiger charge is 2.31. The molecule has 0 atom stereocenters. The van der Waals surface area contributed by atoms with Crippen molar-refractivity contribution in [3.05, 3.63) is 22.7 Å². The van der Waals surface area contributed by atoms with Gasteiger partial charge in [-0.3, -0.25) is 0 Å². The van der Waals surface area contributed by atoms with Gasteiger partial charge in [-0.1, -0.05) is 24.6 Å². The van der Waals surface area contributed by atoms with Crippen molar-refractivity contribution in [2.45, 2.75) is 20.0 Å². The molecule has 2 rings (SSSR count). The molecular formula is C11H14BClN2O2S. The summed E-state index contributed by atoms with van der Waals surface area (Å²) >= 11 is 11.4. The number of hydrogen-bond donors (Lipinski definition) is 3. The van der Waals surface area contributed by atoms with Crippen molar-refractivity contribution >= 4 is 47.2 Å². The van der Waals surface area contributed by atoms with E-state index in [9.17, 15) is 5.02 Å². The average Bonchev–Trinajstić information content (AvgIpc) is 2.73. The van der Waals surface area contributed by atoms with Gasteiger partial charge >= 0.3 is 7.12 Å². The number of halogens is 1. The lowest BCUT2D eigenvalue weighted by atomic mass is 9.79. The summed E-state index contributed by atoms with van der Waals surface area (Å²) in [6.45, 7) is 3.25. The minimum absolute atomic E-state index is 0.384. The van der Waals surface area contributed by atoms with Crippen molar-refractivity contribution in [3.8, 4) is 0 Å². The van der Waals surface area contributed by atoms with Crippen LogP contribution < -0.4 is 16.1 Å². The highest BCUT2D eigenvalue weighted by atomic mass is 35.5. The number of nitrogens with one attached hydrogen (secondary N) is 2. The van der Waals surface area contributed by atoms with Crippen LogP contribution in [-0.4, -0.2) is 23.8 Å². The van der Waals surface area contributed by atoms with Gasteiger partial charge < -0.3 is 20.3 Å². The Balaban J connectivity index is 2.15. The Morgan fingerprint density at radius 2 is 2.39 bits per heavy atom. The smallest absolute Gasteiger partial charge is 0.423 e. The summed E-state index contributed by atoms with van der Waals surface area (Å²) in [6.07, 6.45) is 0.992. The zero-order chi connectivity index (χ0) is 13.1. The second-order valence-electron chi connectivity index (χ2n) is 4.04. The van der Waals surface area contributed by atoms with E-state index in [4.69, 9.17) is 28.5 Å². The quantitative estimate of drug-likeness (QED) is 0.576. The first-order chi connectivity index (χ1) is 8.63. The Bertz CT molecular complexity index is 473. The Morgan fingerprint density at radius 1 is 1.61 bits per heavy atom. The topological polar surface area (TPSA) is 53.5 Å². The van der Waals surface area contributed by atoms with Crippen molar-refractivity contribution in [2.75, 3.05) is 11.9 Å². The van der Waals surface area contributed by atoms with Crippen LogP contribution in [0.2, 0.25) is 5.02 Å². The lowest BCUT2D eigenvalue weighted by Gasteiger charge is -2.13. The normalized spacial score (nSPS) is 13.4. The van der Waals surface area contributed by atoms with Crippen molar-refractivity contribution in [2.24, 2.45) is 0 Å². The van der Waals surface area contributed by atoms with Gasteiger partial charge in [-0.05, 0) is 30.3 Å². The summed E-state index contributed by atoms with van der Waals surface area (Å²) in [4.78, 5) is 0. The summed E-state index contributed by atoms with van der Waals surface area (Å²) in [5.74, 6) is 0. The van der Waals surface area contributed by atoms with Crippen LogP contribution in [0.1, 0.15) is 18.9 Å². The summed E-state index contributed by atoms with van der Waals surface area (Å²) in [7, 11) is -0.952. The van der Waals surface area contributed by atoms with Crippen molar-refractivity contribution < 1.29 is 9.68 Å². The van der Waals surface area contributed by atoms with Crippen LogP contribution in [0.4, 0.5) is 5.69 Å². The molecule has 1 aliphatic rings. The van der Waals surface area contributed by atoms with E-state index in [0.717, 1.165) is 18.5 Å². The van der Waals surface area contributed by atoms with E-state index >= 15 is 0 Å². The van der Waals surface area contributed by atoms with Gasteiger partial charge in [0, 0.05) is 12.0 Å². The molecule has 0 fully saturated rings. The Kier molecular flexibility index (Phi) is 4.45. The molecule has 96 valence electrons. The molecule has 0 saturated carbocycles. The summed E-state index contributed by atoms with van der Waals surface area (Å²) in [6, 6.07) is 3.71. The highest BCUT2D eigenvalue weighted by Crippen LogP contribution is 2.25. The standard InChI is InChI=1S/C11H14BClN2O2S/c1-2-5-14-11(18)15-8-4-3-7-6-17-12(16)9(7)10(8)13/h3-4,16H,2,5-6H2,1H3,(H2,14,15,18). The molecule has 0 spiro atoms. The van der Waals surface area contributed by atoms with E-state index < -0.39 is 7.12 Å². The largest absolute Gasteiger partial charge is 0.493 e. The molecule has 0 saturated heterocycles. The van der Waals surface area contributed by atoms with E-state index in [0.29, 0.717) is 27.9 Å². The van der Waals surface area contributed by atoms with Gasteiger partial charge in [0.15, 0.2) is 5.11 Å². The first-order valence-electron chi connectivity index (χ1n) is 5.79. The second kappa shape index (κ2) is 5.88. The molecule has 4 nitrogen and oxygen atoms in total. The van der Waals surface area contributed by atoms with Crippen LogP contribution in [0.3, 0.4) is 0 Å². The molecule has 0 radical (unpaired) electrons. The third-order valence-corrected chi connectivity index (χ3v) is 3.35. The fourth-order valence-corrected chi connectivity index (χ4v) is 2.32. The lowest BCUT2D eigenvalue weighted by Crippen LogP contribution is -2.32. The Hall–Kier alpha value is -0.815. The number of anilines is 1. The molecule has 18 heavy (non-hydrogen) atoms. The minimum Gasteiger partial charge on any atom is -0.423 e. The van der Waals surface area contributed by atoms with Crippen molar-refractivity contribution in [3.63, 3.8) is 0 Å². The summed E-state index contributed by atoms with van der Waals surface area (Å²) < 4.78 is 5.12. The third kappa shape index (κ3) is 2.77. The van der Waals surface area contributed by atoms with Crippen LogP contribution in [0.5, 0.6) is 0 Å². The molecule has 1 aromatic carbocycles. The van der Waals surface area contributed by atoms with Crippen LogP contribution in [-0.2, 0) is 11.3 Å². The molecule has 1 heterocycles. The van der Waals surface area contributed by atoms with E-state index in [1.165, 1.54) is 0 Å². The number of benzene rings is 1. The second-order valence-corrected chi connectivity index (χ2v) is 4.83. The van der Waals surface area contributed by atoms with Crippen LogP contribution >= 0.6 is 23.8 Å². The van der Waals surface area contributed by atoms with Crippen LogP contribution in [0.15, 0.2) is 12.1 Å². The minimum atomic E-state index is -0.952. The van der Waals surface area contributed by atoms with Gasteiger partial charge in [-0.15, -0.1) is 0 Å². The first-order valence-corrected chi connectivity index (χ1v) is 6.58. The Morgan fingerprint density at radius 3 is 3.11 bits per heavy atom. The molecule has 0 aliphatic carbocycles. The fourth-order valence-electron chi connectivity index (χ4n) is 1.78. The van der Waals surface area contributed by atoms with Crippen molar-refractivity contribution in [1.29, 1.82) is 0 Å². The zero-order valence-corrected chi connectivity index (χ0v) is 11.6. The number of rotatable bonds is 3. The van der Waals surface area contributed by atoms with Crippen molar-refractivity contribution in [1.82, 2.24) is 5.32 Å². The molecule has 0 aromatic heterocycles. The third-order valence-electron chi connectivity index (χ3n) is 2.70. The van der Waals surface area contributed by atoms with Gasteiger partial charge in [0.2, 0.25) is 0 Å². The van der Waals surface area contributed by atoms with Gasteiger partial charge in [0.1, 0.15) is 0 Å². The maximum absolute atomic E-state index is 9.68. The highest BCUT2D eigenvalue weighted by molar-refractivity contribution is 7.80. The molecule has 0 unspecified atom stereocenters. The maximum Gasteiger partial charge on any atom is 0.493 e. The molecule has 0 amide bonds. The molecule has 3 N–H and O–H groups in total. The lowest BCUT2D eigenvalue weighted by molar-refractivity contribution is 0.275. The Labute approximate surface area is 117 Å². The summed E-state index contributed by atoms with van der Waals surface area (Å²) in [5.41, 5.74) is 2.21. The van der Waals surface area contributed by atoms with Crippen LogP contribution in [0.25, 0.3) is 0 Å². The van der Waals surface area contributed by atoms with Gasteiger partial charge in [-0.2, -0.15) is 0 Å². The molecule has 7 heteroatoms. The van der Waals surface area contributed by atoms with Gasteiger partial charge in [0.05, 0.1) is 17.3 Å². The number of hydrogen-bond acceptors (Lipinski definition) is 3. The predicted molar refractivity (Wildman–Crippen MR) is 78.4 cm³/mol. The first kappa shape index (κ1) is 13.6. The zero-order valence-electron chi connectivity index (χ0n) is 10.00. The van der Waals surface area contributed by atoms with E-state index in [-0.39, 0.29) is 0 Å². The van der Waals surface area contributed by atoms with Crippen LogP contribution in [0, 0.1) is 0 Å². The monoisotopic (exact) mass is 284 g/mol. The molecule has 1 aliphatic heterocycles.